The minimum atomic E-state index is -0.892. The Morgan fingerprint density at radius 1 is 1.23 bits per heavy atom. The van der Waals surface area contributed by atoms with E-state index in [-0.39, 0.29) is 29.5 Å². The van der Waals surface area contributed by atoms with Gasteiger partial charge in [0.2, 0.25) is 5.91 Å². The standard InChI is InChI=1S/C16H17FO4S.C2H5NO/c1-7-4-9(2-3-11(7)17)22-6-8-5-10-13(12(8)15(18)19)14(10)16(20)21;1-2(3)4/h2-4,8,10,12-14H,5-6H2,1H3,(H,18,19)(H,20,21);1H3,(H2,3,4). The predicted molar refractivity (Wildman–Crippen MR) is 94.1 cm³/mol. The summed E-state index contributed by atoms with van der Waals surface area (Å²) in [5.41, 5.74) is 5.04. The van der Waals surface area contributed by atoms with Crippen molar-refractivity contribution in [2.75, 3.05) is 5.75 Å². The summed E-state index contributed by atoms with van der Waals surface area (Å²) in [5.74, 6) is -2.98. The molecule has 2 aliphatic rings. The lowest BCUT2D eigenvalue weighted by atomic mass is 9.90. The van der Waals surface area contributed by atoms with Crippen molar-refractivity contribution in [1.82, 2.24) is 0 Å². The number of primary amides is 1. The van der Waals surface area contributed by atoms with Gasteiger partial charge in [0, 0.05) is 17.6 Å². The van der Waals surface area contributed by atoms with E-state index in [2.05, 4.69) is 5.73 Å². The van der Waals surface area contributed by atoms with Gasteiger partial charge in [-0.05, 0) is 54.9 Å². The van der Waals surface area contributed by atoms with Crippen LogP contribution in [0, 0.1) is 42.3 Å². The lowest BCUT2D eigenvalue weighted by Gasteiger charge is -2.20. The second kappa shape index (κ2) is 8.07. The maximum Gasteiger partial charge on any atom is 0.307 e. The topological polar surface area (TPSA) is 118 Å². The van der Waals surface area contributed by atoms with Crippen molar-refractivity contribution in [2.24, 2.45) is 35.3 Å². The summed E-state index contributed by atoms with van der Waals surface area (Å²) in [6.45, 7) is 3.00. The fraction of sp³-hybridized carbons (Fsp3) is 0.500. The Morgan fingerprint density at radius 3 is 2.31 bits per heavy atom. The summed E-state index contributed by atoms with van der Waals surface area (Å²) < 4.78 is 13.2. The SMILES string of the molecule is CC(N)=O.Cc1cc(SCC2CC3C(C(=O)O)C3C2C(=O)O)ccc1F. The summed E-state index contributed by atoms with van der Waals surface area (Å²) in [7, 11) is 0. The Morgan fingerprint density at radius 2 is 1.81 bits per heavy atom. The van der Waals surface area contributed by atoms with Gasteiger partial charge in [-0.1, -0.05) is 0 Å². The molecule has 2 fully saturated rings. The molecule has 3 rings (SSSR count). The fourth-order valence-corrected chi connectivity index (χ4v) is 4.97. The third-order valence-electron chi connectivity index (χ3n) is 4.89. The van der Waals surface area contributed by atoms with Crippen LogP contribution in [0.25, 0.3) is 0 Å². The van der Waals surface area contributed by atoms with E-state index >= 15 is 0 Å². The Balaban J connectivity index is 0.000000552. The molecule has 0 aromatic heterocycles. The van der Waals surface area contributed by atoms with Gasteiger partial charge in [0.15, 0.2) is 0 Å². The first-order valence-corrected chi connectivity index (χ1v) is 9.22. The monoisotopic (exact) mass is 383 g/mol. The molecule has 2 saturated carbocycles. The molecule has 6 nitrogen and oxygen atoms in total. The molecule has 1 aromatic rings. The van der Waals surface area contributed by atoms with E-state index < -0.39 is 23.8 Å². The number of benzene rings is 1. The second-order valence-corrected chi connectivity index (χ2v) is 7.89. The van der Waals surface area contributed by atoms with Crippen LogP contribution in [-0.2, 0) is 14.4 Å². The normalized spacial score (nSPS) is 28.5. The van der Waals surface area contributed by atoms with E-state index in [4.69, 9.17) is 5.11 Å². The molecule has 0 heterocycles. The van der Waals surface area contributed by atoms with Gasteiger partial charge in [0.25, 0.3) is 0 Å². The van der Waals surface area contributed by atoms with Crippen LogP contribution in [0.3, 0.4) is 0 Å². The van der Waals surface area contributed by atoms with E-state index in [1.807, 2.05) is 0 Å². The van der Waals surface area contributed by atoms with Crippen molar-refractivity contribution in [3.05, 3.63) is 29.6 Å². The zero-order chi connectivity index (χ0) is 19.6. The highest BCUT2D eigenvalue weighted by Crippen LogP contribution is 2.63. The number of aliphatic carboxylic acids is 2. The Labute approximate surface area is 155 Å². The highest BCUT2D eigenvalue weighted by Gasteiger charge is 2.66. The third kappa shape index (κ3) is 4.55. The van der Waals surface area contributed by atoms with Crippen LogP contribution in [0.2, 0.25) is 0 Å². The number of nitrogens with two attached hydrogens (primary N) is 1. The van der Waals surface area contributed by atoms with Crippen molar-refractivity contribution in [3.63, 3.8) is 0 Å². The Bertz CT molecular complexity index is 722. The highest BCUT2D eigenvalue weighted by atomic mass is 32.2. The number of carboxylic acid groups (broad SMARTS) is 2. The minimum Gasteiger partial charge on any atom is -0.481 e. The molecule has 5 atom stereocenters. The summed E-state index contributed by atoms with van der Waals surface area (Å²) in [6, 6.07) is 4.86. The van der Waals surface area contributed by atoms with Gasteiger partial charge in [-0.25, -0.2) is 4.39 Å². The number of fused-ring (bicyclic) bond motifs is 1. The zero-order valence-corrected chi connectivity index (χ0v) is 15.3. The Kier molecular flexibility index (Phi) is 6.28. The molecule has 2 aliphatic carbocycles. The van der Waals surface area contributed by atoms with Gasteiger partial charge in [0.05, 0.1) is 11.8 Å². The van der Waals surface area contributed by atoms with Crippen molar-refractivity contribution < 1.29 is 29.0 Å². The molecule has 0 saturated heterocycles. The number of carbonyl (C=O) groups is 3. The number of hydrogen-bond donors (Lipinski definition) is 3. The molecule has 8 heteroatoms. The molecule has 1 aromatic carbocycles. The van der Waals surface area contributed by atoms with Gasteiger partial charge in [0.1, 0.15) is 5.82 Å². The smallest absolute Gasteiger partial charge is 0.307 e. The lowest BCUT2D eigenvalue weighted by Crippen LogP contribution is -2.26. The number of carboxylic acids is 2. The van der Waals surface area contributed by atoms with Crippen LogP contribution in [0.5, 0.6) is 0 Å². The van der Waals surface area contributed by atoms with Crippen LogP contribution >= 0.6 is 11.8 Å². The number of thioether (sulfide) groups is 1. The van der Waals surface area contributed by atoms with Gasteiger partial charge in [-0.15, -0.1) is 11.8 Å². The number of rotatable bonds is 5. The van der Waals surface area contributed by atoms with Crippen LogP contribution in [-0.4, -0.2) is 33.8 Å². The summed E-state index contributed by atoms with van der Waals surface area (Å²) >= 11 is 1.52. The van der Waals surface area contributed by atoms with Gasteiger partial charge in [-0.3, -0.25) is 14.4 Å². The Hall–Kier alpha value is -2.09. The van der Waals surface area contributed by atoms with E-state index in [9.17, 15) is 23.9 Å². The molecule has 0 bridgehead atoms. The van der Waals surface area contributed by atoms with Crippen molar-refractivity contribution in [2.45, 2.75) is 25.2 Å². The average molecular weight is 383 g/mol. The van der Waals surface area contributed by atoms with Crippen molar-refractivity contribution >= 4 is 29.6 Å². The minimum absolute atomic E-state index is 0.0131. The molecular formula is C18H22FNO5S. The number of aryl methyl sites for hydroxylation is 1. The van der Waals surface area contributed by atoms with E-state index in [0.717, 1.165) is 4.90 Å². The highest BCUT2D eigenvalue weighted by molar-refractivity contribution is 7.99. The third-order valence-corrected chi connectivity index (χ3v) is 6.07. The molecule has 0 spiro atoms. The van der Waals surface area contributed by atoms with Crippen LogP contribution in [0.1, 0.15) is 18.9 Å². The summed E-state index contributed by atoms with van der Waals surface area (Å²) in [6.07, 6.45) is 0.659. The average Bonchev–Trinajstić information content (AvgIpc) is 3.09. The maximum atomic E-state index is 13.2. The van der Waals surface area contributed by atoms with Crippen LogP contribution in [0.4, 0.5) is 4.39 Å². The molecule has 26 heavy (non-hydrogen) atoms. The molecule has 142 valence electrons. The largest absolute Gasteiger partial charge is 0.481 e. The summed E-state index contributed by atoms with van der Waals surface area (Å²) in [5, 5.41) is 18.5. The molecule has 5 unspecified atom stereocenters. The first-order chi connectivity index (χ1) is 12.1. The van der Waals surface area contributed by atoms with Gasteiger partial charge >= 0.3 is 11.9 Å². The molecule has 0 radical (unpaired) electrons. The summed E-state index contributed by atoms with van der Waals surface area (Å²) in [4.78, 5) is 32.7. The molecule has 4 N–H and O–H groups in total. The number of halogens is 1. The van der Waals surface area contributed by atoms with E-state index in [0.29, 0.717) is 17.7 Å². The number of hydrogen-bond acceptors (Lipinski definition) is 4. The zero-order valence-electron chi connectivity index (χ0n) is 14.5. The van der Waals surface area contributed by atoms with Crippen molar-refractivity contribution in [1.29, 1.82) is 0 Å². The van der Waals surface area contributed by atoms with Gasteiger partial charge < -0.3 is 15.9 Å². The lowest BCUT2D eigenvalue weighted by molar-refractivity contribution is -0.145. The van der Waals surface area contributed by atoms with Crippen LogP contribution < -0.4 is 5.73 Å². The van der Waals surface area contributed by atoms with Gasteiger partial charge in [-0.2, -0.15) is 0 Å². The predicted octanol–water partition coefficient (Wildman–Crippen LogP) is 2.39. The van der Waals surface area contributed by atoms with E-state index in [1.54, 1.807) is 19.1 Å². The van der Waals surface area contributed by atoms with E-state index in [1.165, 1.54) is 24.8 Å². The fourth-order valence-electron chi connectivity index (χ4n) is 3.80. The number of amides is 1. The maximum absolute atomic E-state index is 13.2. The quantitative estimate of drug-likeness (QED) is 0.672. The first kappa shape index (κ1) is 20.2. The first-order valence-electron chi connectivity index (χ1n) is 8.24. The molecule has 1 amide bonds. The molecule has 0 aliphatic heterocycles. The second-order valence-electron chi connectivity index (χ2n) is 6.80. The molecular weight excluding hydrogens is 361 g/mol. The van der Waals surface area contributed by atoms with Crippen molar-refractivity contribution in [3.8, 4) is 0 Å². The van der Waals surface area contributed by atoms with Crippen LogP contribution in [0.15, 0.2) is 23.1 Å². The number of carbonyl (C=O) groups excluding carboxylic acids is 1.